The van der Waals surface area contributed by atoms with Gasteiger partial charge >= 0.3 is 0 Å². The number of hydrogen-bond donors (Lipinski definition) is 2. The summed E-state index contributed by atoms with van der Waals surface area (Å²) in [5.41, 5.74) is 10.0. The van der Waals surface area contributed by atoms with Crippen LogP contribution in [-0.2, 0) is 23.6 Å². The molecule has 0 bridgehead atoms. The standard InChI is InChI=1S/C31H33ClN6O4/c1-31(20-5-7-21(32)8-6-20)41-27-4-2-3-23(29(27)42-31)19-9-12-37(13-10-19)18-28-35-24-15-25(30(33)36-39)34-16-26(24)38(28)17-22-11-14-40-22/h2-8,15-16,19,22,39H,9-14,17-18H2,1H3,(H2,33,36). The quantitative estimate of drug-likeness (QED) is 0.134. The molecule has 7 rings (SSSR count). The van der Waals surface area contributed by atoms with Gasteiger partial charge in [0, 0.05) is 29.7 Å². The maximum Gasteiger partial charge on any atom is 0.275 e. The number of para-hydroxylation sites is 1. The molecule has 0 radical (unpaired) electrons. The molecule has 3 aliphatic heterocycles. The molecule has 2 fully saturated rings. The molecule has 0 spiro atoms. The third kappa shape index (κ3) is 4.93. The molecule has 10 nitrogen and oxygen atoms in total. The fourth-order valence-corrected chi connectivity index (χ4v) is 6.29. The highest BCUT2D eigenvalue weighted by atomic mass is 35.5. The van der Waals surface area contributed by atoms with Crippen molar-refractivity contribution in [1.29, 1.82) is 0 Å². The summed E-state index contributed by atoms with van der Waals surface area (Å²) in [5.74, 6) is 2.02. The first-order chi connectivity index (χ1) is 20.4. The van der Waals surface area contributed by atoms with E-state index in [9.17, 15) is 0 Å². The summed E-state index contributed by atoms with van der Waals surface area (Å²) in [7, 11) is 0. The normalized spacial score (nSPS) is 22.9. The first-order valence-electron chi connectivity index (χ1n) is 14.3. The second-order valence-electron chi connectivity index (χ2n) is 11.3. The fourth-order valence-electron chi connectivity index (χ4n) is 6.16. The number of halogens is 1. The maximum atomic E-state index is 9.09. The number of benzene rings is 2. The Balaban J connectivity index is 1.07. The van der Waals surface area contributed by atoms with Crippen LogP contribution in [0, 0.1) is 0 Å². The van der Waals surface area contributed by atoms with Gasteiger partial charge < -0.3 is 29.7 Å². The highest BCUT2D eigenvalue weighted by Crippen LogP contribution is 2.49. The lowest BCUT2D eigenvalue weighted by Gasteiger charge is -2.33. The molecular weight excluding hydrogens is 556 g/mol. The second-order valence-corrected chi connectivity index (χ2v) is 11.8. The largest absolute Gasteiger partial charge is 0.445 e. The van der Waals surface area contributed by atoms with E-state index in [2.05, 4.69) is 31.7 Å². The Labute approximate surface area is 248 Å². The van der Waals surface area contributed by atoms with Gasteiger partial charge in [-0.05, 0) is 74.7 Å². The Morgan fingerprint density at radius 1 is 1.14 bits per heavy atom. The van der Waals surface area contributed by atoms with Gasteiger partial charge in [0.1, 0.15) is 11.5 Å². The molecule has 42 heavy (non-hydrogen) atoms. The summed E-state index contributed by atoms with van der Waals surface area (Å²) in [6.45, 7) is 6.05. The van der Waals surface area contributed by atoms with E-state index >= 15 is 0 Å². The first-order valence-corrected chi connectivity index (χ1v) is 14.7. The number of likely N-dealkylation sites (tertiary alicyclic amines) is 1. The number of nitrogens with two attached hydrogens (primary N) is 1. The Kier molecular flexibility index (Phi) is 6.92. The summed E-state index contributed by atoms with van der Waals surface area (Å²) >= 11 is 6.11. The molecule has 2 atom stereocenters. The highest BCUT2D eigenvalue weighted by molar-refractivity contribution is 6.30. The van der Waals surface area contributed by atoms with Crippen molar-refractivity contribution in [1.82, 2.24) is 19.4 Å². The number of pyridine rings is 1. The third-order valence-corrected chi connectivity index (χ3v) is 8.89. The van der Waals surface area contributed by atoms with Gasteiger partial charge in [0.05, 0.1) is 36.4 Å². The second kappa shape index (κ2) is 10.8. The minimum atomic E-state index is -0.893. The number of rotatable bonds is 7. The monoisotopic (exact) mass is 588 g/mol. The Bertz CT molecular complexity index is 1650. The molecule has 0 amide bonds. The van der Waals surface area contributed by atoms with Gasteiger partial charge in [-0.3, -0.25) is 9.88 Å². The van der Waals surface area contributed by atoms with Gasteiger partial charge in [-0.25, -0.2) is 4.98 Å². The summed E-state index contributed by atoms with van der Waals surface area (Å²) in [4.78, 5) is 11.8. The van der Waals surface area contributed by atoms with Gasteiger partial charge in [-0.1, -0.05) is 28.9 Å². The van der Waals surface area contributed by atoms with Crippen LogP contribution < -0.4 is 15.2 Å². The average molecular weight is 589 g/mol. The number of amidine groups is 1. The van der Waals surface area contributed by atoms with Crippen LogP contribution in [-0.4, -0.2) is 56.3 Å². The van der Waals surface area contributed by atoms with Gasteiger partial charge in [0.15, 0.2) is 17.3 Å². The summed E-state index contributed by atoms with van der Waals surface area (Å²) in [6.07, 6.45) is 4.96. The molecule has 2 saturated heterocycles. The molecule has 3 aliphatic rings. The van der Waals surface area contributed by atoms with Crippen molar-refractivity contribution < 1.29 is 19.4 Å². The Morgan fingerprint density at radius 3 is 2.64 bits per heavy atom. The first kappa shape index (κ1) is 27.0. The number of oxime groups is 1. The van der Waals surface area contributed by atoms with Crippen molar-refractivity contribution in [2.24, 2.45) is 10.9 Å². The van der Waals surface area contributed by atoms with E-state index in [-0.39, 0.29) is 11.9 Å². The van der Waals surface area contributed by atoms with Crippen molar-refractivity contribution in [2.45, 2.75) is 57.1 Å². The zero-order valence-electron chi connectivity index (χ0n) is 23.4. The summed E-state index contributed by atoms with van der Waals surface area (Å²) in [5, 5.41) is 12.9. The molecule has 2 unspecified atom stereocenters. The van der Waals surface area contributed by atoms with Crippen LogP contribution in [0.5, 0.6) is 11.5 Å². The number of imidazole rings is 1. The molecule has 2 aromatic heterocycles. The van der Waals surface area contributed by atoms with Crippen LogP contribution in [0.3, 0.4) is 0 Å². The smallest absolute Gasteiger partial charge is 0.275 e. The fraction of sp³-hybridized carbons (Fsp3) is 0.387. The van der Waals surface area contributed by atoms with E-state index in [1.165, 1.54) is 5.56 Å². The van der Waals surface area contributed by atoms with Crippen molar-refractivity contribution >= 4 is 28.5 Å². The topological polar surface area (TPSA) is 120 Å². The van der Waals surface area contributed by atoms with Crippen molar-refractivity contribution in [3.8, 4) is 11.5 Å². The SMILES string of the molecule is CC1(c2ccc(Cl)cc2)Oc2cccc(C3CCN(Cc4nc5cc(C(N)=NO)ncc5n4CC4CCO4)CC3)c2O1. The van der Waals surface area contributed by atoms with E-state index in [0.717, 1.165) is 79.4 Å². The van der Waals surface area contributed by atoms with Crippen LogP contribution in [0.25, 0.3) is 11.0 Å². The molecule has 0 aliphatic carbocycles. The predicted octanol–water partition coefficient (Wildman–Crippen LogP) is 4.99. The van der Waals surface area contributed by atoms with Crippen molar-refractivity contribution in [3.63, 3.8) is 0 Å². The summed E-state index contributed by atoms with van der Waals surface area (Å²) < 4.78 is 20.8. The van der Waals surface area contributed by atoms with Gasteiger partial charge in [-0.2, -0.15) is 0 Å². The number of piperidine rings is 1. The minimum Gasteiger partial charge on any atom is -0.445 e. The minimum absolute atomic E-state index is 0.0346. The lowest BCUT2D eigenvalue weighted by Crippen LogP contribution is -2.35. The molecule has 218 valence electrons. The molecular formula is C31H33ClN6O4. The molecule has 5 heterocycles. The van der Waals surface area contributed by atoms with Crippen LogP contribution >= 0.6 is 11.6 Å². The van der Waals surface area contributed by atoms with Crippen LogP contribution in [0.15, 0.2) is 59.9 Å². The number of hydrogen-bond acceptors (Lipinski definition) is 8. The molecule has 2 aromatic carbocycles. The van der Waals surface area contributed by atoms with E-state index in [1.807, 2.05) is 37.3 Å². The van der Waals surface area contributed by atoms with Gasteiger partial charge in [0.2, 0.25) is 0 Å². The van der Waals surface area contributed by atoms with Crippen LogP contribution in [0.4, 0.5) is 0 Å². The zero-order chi connectivity index (χ0) is 28.8. The lowest BCUT2D eigenvalue weighted by molar-refractivity contribution is -0.0685. The number of ether oxygens (including phenoxy) is 3. The number of fused-ring (bicyclic) bond motifs is 2. The molecule has 0 saturated carbocycles. The molecule has 3 N–H and O–H groups in total. The van der Waals surface area contributed by atoms with Crippen molar-refractivity contribution in [2.75, 3.05) is 19.7 Å². The van der Waals surface area contributed by atoms with E-state index in [1.54, 1.807) is 12.3 Å². The maximum absolute atomic E-state index is 9.09. The van der Waals surface area contributed by atoms with E-state index < -0.39 is 5.79 Å². The zero-order valence-corrected chi connectivity index (χ0v) is 24.1. The lowest BCUT2D eigenvalue weighted by atomic mass is 9.88. The van der Waals surface area contributed by atoms with Gasteiger partial charge in [-0.15, -0.1) is 0 Å². The van der Waals surface area contributed by atoms with Gasteiger partial charge in [0.25, 0.3) is 5.79 Å². The number of nitrogens with zero attached hydrogens (tertiary/aromatic N) is 5. The summed E-state index contributed by atoms with van der Waals surface area (Å²) in [6, 6.07) is 15.6. The Hall–Kier alpha value is -3.86. The average Bonchev–Trinajstić information content (AvgIpc) is 3.51. The van der Waals surface area contributed by atoms with E-state index in [4.69, 9.17) is 41.7 Å². The Morgan fingerprint density at radius 2 is 1.93 bits per heavy atom. The predicted molar refractivity (Wildman–Crippen MR) is 158 cm³/mol. The third-order valence-electron chi connectivity index (χ3n) is 8.64. The molecule has 11 heteroatoms. The van der Waals surface area contributed by atoms with Crippen molar-refractivity contribution in [3.05, 3.63) is 82.4 Å². The highest BCUT2D eigenvalue weighted by Gasteiger charge is 2.41. The molecule has 4 aromatic rings. The van der Waals surface area contributed by atoms with E-state index in [0.29, 0.717) is 23.2 Å². The van der Waals surface area contributed by atoms with Crippen LogP contribution in [0.1, 0.15) is 54.7 Å². The number of aromatic nitrogens is 3. The van der Waals surface area contributed by atoms with Crippen LogP contribution in [0.2, 0.25) is 5.02 Å².